The summed E-state index contributed by atoms with van der Waals surface area (Å²) in [7, 11) is 0. The SMILES string of the molecule is OC[C@H](O)[C@@H](O)[C@H](O)/C=C/c1ccccc1. The van der Waals surface area contributed by atoms with Crippen molar-refractivity contribution in [1.82, 2.24) is 0 Å². The van der Waals surface area contributed by atoms with Crippen molar-refractivity contribution in [2.75, 3.05) is 6.61 Å². The molecule has 0 amide bonds. The summed E-state index contributed by atoms with van der Waals surface area (Å²) >= 11 is 0. The van der Waals surface area contributed by atoms with Crippen LogP contribution >= 0.6 is 0 Å². The van der Waals surface area contributed by atoms with Crippen LogP contribution in [0.25, 0.3) is 6.08 Å². The molecule has 0 unspecified atom stereocenters. The van der Waals surface area contributed by atoms with Crippen LogP contribution in [-0.2, 0) is 0 Å². The third-order valence-corrected chi connectivity index (χ3v) is 2.22. The Kier molecular flexibility index (Phi) is 5.14. The van der Waals surface area contributed by atoms with E-state index in [0.717, 1.165) is 5.56 Å². The van der Waals surface area contributed by atoms with Gasteiger partial charge >= 0.3 is 0 Å². The molecular formula is C12H16O4. The van der Waals surface area contributed by atoms with Gasteiger partial charge in [0, 0.05) is 0 Å². The third-order valence-electron chi connectivity index (χ3n) is 2.22. The van der Waals surface area contributed by atoms with Crippen molar-refractivity contribution in [2.24, 2.45) is 0 Å². The topological polar surface area (TPSA) is 80.9 Å². The van der Waals surface area contributed by atoms with E-state index >= 15 is 0 Å². The minimum absolute atomic E-state index is 0.586. The summed E-state index contributed by atoms with van der Waals surface area (Å²) in [6.07, 6.45) is -0.917. The molecule has 3 atom stereocenters. The molecule has 0 aliphatic heterocycles. The second kappa shape index (κ2) is 6.40. The minimum Gasteiger partial charge on any atom is -0.394 e. The molecular weight excluding hydrogens is 208 g/mol. The molecule has 0 fully saturated rings. The molecule has 0 saturated carbocycles. The van der Waals surface area contributed by atoms with Gasteiger partial charge in [-0.25, -0.2) is 0 Å². The Morgan fingerprint density at radius 1 is 1.06 bits per heavy atom. The zero-order valence-electron chi connectivity index (χ0n) is 8.77. The Bertz CT molecular complexity index is 323. The molecule has 0 aromatic heterocycles. The van der Waals surface area contributed by atoms with Crippen LogP contribution in [0.15, 0.2) is 36.4 Å². The first-order chi connectivity index (χ1) is 7.65. The van der Waals surface area contributed by atoms with E-state index < -0.39 is 24.9 Å². The van der Waals surface area contributed by atoms with E-state index in [1.807, 2.05) is 30.3 Å². The maximum Gasteiger partial charge on any atom is 0.112 e. The lowest BCUT2D eigenvalue weighted by molar-refractivity contribution is -0.0608. The van der Waals surface area contributed by atoms with Gasteiger partial charge in [-0.15, -0.1) is 0 Å². The lowest BCUT2D eigenvalue weighted by Gasteiger charge is -2.18. The zero-order chi connectivity index (χ0) is 12.0. The van der Waals surface area contributed by atoms with Crippen LogP contribution in [0.3, 0.4) is 0 Å². The van der Waals surface area contributed by atoms with Crippen LogP contribution in [0.4, 0.5) is 0 Å². The van der Waals surface area contributed by atoms with Crippen molar-refractivity contribution in [2.45, 2.75) is 18.3 Å². The molecule has 1 rings (SSSR count). The zero-order valence-corrected chi connectivity index (χ0v) is 8.77. The molecule has 4 nitrogen and oxygen atoms in total. The highest BCUT2D eigenvalue weighted by Crippen LogP contribution is 2.06. The second-order valence-corrected chi connectivity index (χ2v) is 3.50. The van der Waals surface area contributed by atoms with E-state index in [4.69, 9.17) is 10.2 Å². The van der Waals surface area contributed by atoms with E-state index in [2.05, 4.69) is 0 Å². The molecule has 0 radical (unpaired) electrons. The summed E-state index contributed by atoms with van der Waals surface area (Å²) in [4.78, 5) is 0. The molecule has 0 aliphatic rings. The van der Waals surface area contributed by atoms with Crippen molar-refractivity contribution in [3.05, 3.63) is 42.0 Å². The number of hydrogen-bond acceptors (Lipinski definition) is 4. The summed E-state index contributed by atoms with van der Waals surface area (Å²) in [6.45, 7) is -0.586. The molecule has 1 aromatic rings. The molecule has 88 valence electrons. The van der Waals surface area contributed by atoms with Gasteiger partial charge in [-0.05, 0) is 5.56 Å². The predicted molar refractivity (Wildman–Crippen MR) is 60.6 cm³/mol. The minimum atomic E-state index is -1.38. The van der Waals surface area contributed by atoms with E-state index in [9.17, 15) is 10.2 Å². The van der Waals surface area contributed by atoms with Crippen molar-refractivity contribution in [1.29, 1.82) is 0 Å². The van der Waals surface area contributed by atoms with Crippen molar-refractivity contribution >= 4 is 6.08 Å². The second-order valence-electron chi connectivity index (χ2n) is 3.50. The van der Waals surface area contributed by atoms with Gasteiger partial charge in [0.1, 0.15) is 18.3 Å². The first-order valence-corrected chi connectivity index (χ1v) is 5.03. The number of aliphatic hydroxyl groups excluding tert-OH is 4. The molecule has 0 bridgehead atoms. The quantitative estimate of drug-likeness (QED) is 0.557. The monoisotopic (exact) mass is 224 g/mol. The van der Waals surface area contributed by atoms with Gasteiger partial charge in [-0.1, -0.05) is 42.5 Å². The summed E-state index contributed by atoms with van der Waals surface area (Å²) in [5.41, 5.74) is 0.882. The van der Waals surface area contributed by atoms with Crippen molar-refractivity contribution < 1.29 is 20.4 Å². The fraction of sp³-hybridized carbons (Fsp3) is 0.333. The average Bonchev–Trinajstić information content (AvgIpc) is 2.35. The Labute approximate surface area is 94.1 Å². The first kappa shape index (κ1) is 12.9. The van der Waals surface area contributed by atoms with E-state index in [0.29, 0.717) is 0 Å². The lowest BCUT2D eigenvalue weighted by Crippen LogP contribution is -2.38. The Morgan fingerprint density at radius 3 is 2.25 bits per heavy atom. The maximum atomic E-state index is 9.47. The standard InChI is InChI=1S/C12H16O4/c13-8-11(15)12(16)10(14)7-6-9-4-2-1-3-5-9/h1-7,10-16H,8H2/b7-6+/t10-,11+,12+/m1/s1. The normalized spacial score (nSPS) is 17.2. The van der Waals surface area contributed by atoms with Crippen LogP contribution in [0.2, 0.25) is 0 Å². The summed E-state index contributed by atoms with van der Waals surface area (Å²) in [6, 6.07) is 9.27. The van der Waals surface area contributed by atoms with Crippen molar-refractivity contribution in [3.63, 3.8) is 0 Å². The van der Waals surface area contributed by atoms with Gasteiger partial charge in [0.15, 0.2) is 0 Å². The molecule has 0 saturated heterocycles. The molecule has 0 aliphatic carbocycles. The van der Waals surface area contributed by atoms with Crippen LogP contribution in [0.1, 0.15) is 5.56 Å². The van der Waals surface area contributed by atoms with E-state index in [-0.39, 0.29) is 0 Å². The van der Waals surface area contributed by atoms with Gasteiger partial charge in [0.25, 0.3) is 0 Å². The Hall–Kier alpha value is -1.20. The molecule has 0 heterocycles. The van der Waals surface area contributed by atoms with Crippen LogP contribution < -0.4 is 0 Å². The summed E-state index contributed by atoms with van der Waals surface area (Å²) < 4.78 is 0. The fourth-order valence-corrected chi connectivity index (χ4v) is 1.22. The van der Waals surface area contributed by atoms with Gasteiger partial charge in [0.2, 0.25) is 0 Å². The van der Waals surface area contributed by atoms with Gasteiger partial charge in [0.05, 0.1) is 6.61 Å². The van der Waals surface area contributed by atoms with Crippen LogP contribution in [-0.4, -0.2) is 45.3 Å². The fourth-order valence-electron chi connectivity index (χ4n) is 1.22. The highest BCUT2D eigenvalue weighted by atomic mass is 16.4. The number of benzene rings is 1. The van der Waals surface area contributed by atoms with Crippen LogP contribution in [0.5, 0.6) is 0 Å². The molecule has 4 heteroatoms. The third kappa shape index (κ3) is 3.75. The predicted octanol–water partition coefficient (Wildman–Crippen LogP) is -0.225. The summed E-state index contributed by atoms with van der Waals surface area (Å²) in [5, 5.41) is 36.5. The number of hydrogen-bond donors (Lipinski definition) is 4. The molecule has 16 heavy (non-hydrogen) atoms. The lowest BCUT2D eigenvalue weighted by atomic mass is 10.1. The number of rotatable bonds is 5. The highest BCUT2D eigenvalue weighted by Gasteiger charge is 2.21. The van der Waals surface area contributed by atoms with Crippen molar-refractivity contribution in [3.8, 4) is 0 Å². The largest absolute Gasteiger partial charge is 0.394 e. The first-order valence-electron chi connectivity index (χ1n) is 5.03. The summed E-state index contributed by atoms with van der Waals surface area (Å²) in [5.74, 6) is 0. The van der Waals surface area contributed by atoms with E-state index in [1.165, 1.54) is 6.08 Å². The van der Waals surface area contributed by atoms with Crippen LogP contribution in [0, 0.1) is 0 Å². The van der Waals surface area contributed by atoms with E-state index in [1.54, 1.807) is 6.08 Å². The van der Waals surface area contributed by atoms with Gasteiger partial charge in [-0.2, -0.15) is 0 Å². The molecule has 0 spiro atoms. The average molecular weight is 224 g/mol. The van der Waals surface area contributed by atoms with Gasteiger partial charge in [-0.3, -0.25) is 0 Å². The molecule has 1 aromatic carbocycles. The Morgan fingerprint density at radius 2 is 1.69 bits per heavy atom. The molecule has 4 N–H and O–H groups in total. The smallest absolute Gasteiger partial charge is 0.112 e. The number of aliphatic hydroxyl groups is 4. The van der Waals surface area contributed by atoms with Gasteiger partial charge < -0.3 is 20.4 Å². The Balaban J connectivity index is 2.57. The highest BCUT2D eigenvalue weighted by molar-refractivity contribution is 5.49. The maximum absolute atomic E-state index is 9.47.